The monoisotopic (exact) mass is 319 g/mol. The van der Waals surface area contributed by atoms with Crippen molar-refractivity contribution in [2.24, 2.45) is 0 Å². The number of alkyl halides is 3. The highest BCUT2D eigenvalue weighted by molar-refractivity contribution is 5.98. The van der Waals surface area contributed by atoms with Crippen LogP contribution in [0.1, 0.15) is 15.9 Å². The second-order valence-corrected chi connectivity index (χ2v) is 4.00. The Labute approximate surface area is 122 Å². The lowest BCUT2D eigenvalue weighted by atomic mass is 10.1. The number of urea groups is 1. The molecule has 10 heteroatoms. The first-order chi connectivity index (χ1) is 10.1. The van der Waals surface area contributed by atoms with Crippen LogP contribution >= 0.6 is 0 Å². The van der Waals surface area contributed by atoms with E-state index in [1.807, 2.05) is 5.32 Å². The van der Waals surface area contributed by atoms with Crippen LogP contribution in [0, 0.1) is 0 Å². The highest BCUT2D eigenvalue weighted by Gasteiger charge is 2.31. The Balaban J connectivity index is 2.71. The Morgan fingerprint density at radius 2 is 1.91 bits per heavy atom. The highest BCUT2D eigenvalue weighted by Crippen LogP contribution is 2.31. The minimum absolute atomic E-state index is 0.319. The summed E-state index contributed by atoms with van der Waals surface area (Å²) in [5, 5.41) is 3.94. The molecule has 1 aromatic carbocycles. The van der Waals surface area contributed by atoms with Gasteiger partial charge in [0.2, 0.25) is 0 Å². The van der Waals surface area contributed by atoms with Gasteiger partial charge in [0.05, 0.1) is 11.1 Å². The molecule has 0 aromatic heterocycles. The van der Waals surface area contributed by atoms with Crippen molar-refractivity contribution in [1.29, 1.82) is 0 Å². The minimum atomic E-state index is -4.59. The van der Waals surface area contributed by atoms with Crippen molar-refractivity contribution in [2.45, 2.75) is 6.18 Å². The molecule has 0 spiro atoms. The summed E-state index contributed by atoms with van der Waals surface area (Å²) >= 11 is 0. The molecule has 0 bridgehead atoms. The van der Waals surface area contributed by atoms with Gasteiger partial charge in [-0.2, -0.15) is 13.2 Å². The van der Waals surface area contributed by atoms with Gasteiger partial charge in [0.25, 0.3) is 5.91 Å². The second kappa shape index (κ2) is 6.78. The number of anilines is 1. The van der Waals surface area contributed by atoms with E-state index in [0.717, 1.165) is 6.07 Å². The lowest BCUT2D eigenvalue weighted by Gasteiger charge is -2.10. The molecule has 0 aliphatic carbocycles. The number of benzene rings is 1. The van der Waals surface area contributed by atoms with Gasteiger partial charge in [-0.3, -0.25) is 10.1 Å². The zero-order valence-corrected chi connectivity index (χ0v) is 11.3. The molecule has 1 rings (SSSR count). The van der Waals surface area contributed by atoms with E-state index in [1.165, 1.54) is 7.05 Å². The Bertz CT molecular complexity index is 602. The Hall–Kier alpha value is -2.78. The Kier molecular flexibility index (Phi) is 5.33. The first kappa shape index (κ1) is 17.3. The summed E-state index contributed by atoms with van der Waals surface area (Å²) < 4.78 is 41.9. The predicted octanol–water partition coefficient (Wildman–Crippen LogP) is 0.900. The number of hydrogen-bond donors (Lipinski definition) is 3. The first-order valence-corrected chi connectivity index (χ1v) is 5.80. The molecule has 1 aromatic rings. The number of rotatable bonds is 3. The fourth-order valence-electron chi connectivity index (χ4n) is 1.36. The lowest BCUT2D eigenvalue weighted by molar-refractivity contribution is -0.137. The molecule has 0 radical (unpaired) electrons. The van der Waals surface area contributed by atoms with Crippen molar-refractivity contribution in [3.8, 4) is 0 Å². The summed E-state index contributed by atoms with van der Waals surface area (Å²) in [6.45, 7) is -0.785. The third-order valence-corrected chi connectivity index (χ3v) is 2.41. The van der Waals surface area contributed by atoms with Gasteiger partial charge < -0.3 is 15.8 Å². The molecule has 4 N–H and O–H groups in total. The molecule has 0 aliphatic heterocycles. The lowest BCUT2D eigenvalue weighted by Crippen LogP contribution is -2.39. The van der Waals surface area contributed by atoms with Crippen molar-refractivity contribution in [3.63, 3.8) is 0 Å². The Morgan fingerprint density at radius 1 is 1.27 bits per heavy atom. The van der Waals surface area contributed by atoms with E-state index in [-0.39, 0.29) is 5.56 Å². The van der Waals surface area contributed by atoms with Crippen LogP contribution in [0.25, 0.3) is 0 Å². The van der Waals surface area contributed by atoms with E-state index in [2.05, 4.69) is 10.1 Å². The number of carbonyl (C=O) groups is 3. The zero-order chi connectivity index (χ0) is 16.9. The zero-order valence-electron chi connectivity index (χ0n) is 11.3. The summed E-state index contributed by atoms with van der Waals surface area (Å²) in [6.07, 6.45) is -4.59. The van der Waals surface area contributed by atoms with Crippen molar-refractivity contribution >= 4 is 23.6 Å². The average molecular weight is 319 g/mol. The van der Waals surface area contributed by atoms with Crippen LogP contribution in [-0.4, -0.2) is 31.6 Å². The van der Waals surface area contributed by atoms with Crippen LogP contribution in [0.15, 0.2) is 18.2 Å². The summed E-state index contributed by atoms with van der Waals surface area (Å²) in [7, 11) is 1.28. The van der Waals surface area contributed by atoms with Gasteiger partial charge in [0.15, 0.2) is 6.61 Å². The largest absolute Gasteiger partial charge is 0.452 e. The Morgan fingerprint density at radius 3 is 2.41 bits per heavy atom. The quantitative estimate of drug-likeness (QED) is 0.566. The molecule has 0 heterocycles. The molecule has 0 unspecified atom stereocenters. The standard InChI is InChI=1S/C12H12F3N3O4/c1-17-11(21)18-9(19)5-22-10(20)7-3-2-6(4-8(7)16)12(13,14)15/h2-4H,5,16H2,1H3,(H2,17,18,19,21). The van der Waals surface area contributed by atoms with Gasteiger partial charge in [-0.25, -0.2) is 9.59 Å². The highest BCUT2D eigenvalue weighted by atomic mass is 19.4. The van der Waals surface area contributed by atoms with Gasteiger partial charge in [-0.1, -0.05) is 0 Å². The van der Waals surface area contributed by atoms with Crippen LogP contribution in [0.3, 0.4) is 0 Å². The van der Waals surface area contributed by atoms with Gasteiger partial charge in [0, 0.05) is 12.7 Å². The average Bonchev–Trinajstić information content (AvgIpc) is 2.43. The van der Waals surface area contributed by atoms with Crippen LogP contribution in [0.4, 0.5) is 23.7 Å². The number of nitrogens with two attached hydrogens (primary N) is 1. The number of esters is 1. The van der Waals surface area contributed by atoms with Gasteiger partial charge in [0.1, 0.15) is 0 Å². The van der Waals surface area contributed by atoms with E-state index in [9.17, 15) is 27.6 Å². The maximum absolute atomic E-state index is 12.4. The number of carbonyl (C=O) groups excluding carboxylic acids is 3. The fourth-order valence-corrected chi connectivity index (χ4v) is 1.36. The molecule has 0 saturated heterocycles. The molecular weight excluding hydrogens is 307 g/mol. The second-order valence-electron chi connectivity index (χ2n) is 4.00. The normalized spacial score (nSPS) is 10.7. The number of hydrogen-bond acceptors (Lipinski definition) is 5. The molecule has 0 atom stereocenters. The number of ether oxygens (including phenoxy) is 1. The molecule has 120 valence electrons. The van der Waals surface area contributed by atoms with E-state index >= 15 is 0 Å². The number of nitrogens with one attached hydrogen (secondary N) is 2. The van der Waals surface area contributed by atoms with Crippen molar-refractivity contribution in [3.05, 3.63) is 29.3 Å². The van der Waals surface area contributed by atoms with Gasteiger partial charge in [-0.05, 0) is 18.2 Å². The van der Waals surface area contributed by atoms with E-state index in [4.69, 9.17) is 5.73 Å². The SMILES string of the molecule is CNC(=O)NC(=O)COC(=O)c1ccc(C(F)(F)F)cc1N. The van der Waals surface area contributed by atoms with Crippen LogP contribution < -0.4 is 16.4 Å². The topological polar surface area (TPSA) is 111 Å². The van der Waals surface area contributed by atoms with Crippen LogP contribution in [-0.2, 0) is 15.7 Å². The van der Waals surface area contributed by atoms with E-state index in [0.29, 0.717) is 12.1 Å². The molecule has 0 aliphatic rings. The maximum Gasteiger partial charge on any atom is 0.416 e. The van der Waals surface area contributed by atoms with E-state index in [1.54, 1.807) is 0 Å². The van der Waals surface area contributed by atoms with Crippen LogP contribution in [0.2, 0.25) is 0 Å². The van der Waals surface area contributed by atoms with Crippen LogP contribution in [0.5, 0.6) is 0 Å². The van der Waals surface area contributed by atoms with E-state index < -0.39 is 41.9 Å². The first-order valence-electron chi connectivity index (χ1n) is 5.80. The molecule has 22 heavy (non-hydrogen) atoms. The molecule has 7 nitrogen and oxygen atoms in total. The third kappa shape index (κ3) is 4.65. The fraction of sp³-hybridized carbons (Fsp3) is 0.250. The molecule has 3 amide bonds. The summed E-state index contributed by atoms with van der Waals surface area (Å²) in [5.41, 5.74) is 3.59. The number of amides is 3. The van der Waals surface area contributed by atoms with Gasteiger partial charge >= 0.3 is 18.2 Å². The minimum Gasteiger partial charge on any atom is -0.452 e. The smallest absolute Gasteiger partial charge is 0.416 e. The van der Waals surface area contributed by atoms with Crippen molar-refractivity contribution < 1.29 is 32.3 Å². The predicted molar refractivity (Wildman–Crippen MR) is 68.7 cm³/mol. The maximum atomic E-state index is 12.4. The third-order valence-electron chi connectivity index (χ3n) is 2.41. The summed E-state index contributed by atoms with van der Waals surface area (Å²) in [4.78, 5) is 33.6. The van der Waals surface area contributed by atoms with Crippen molar-refractivity contribution in [1.82, 2.24) is 10.6 Å². The summed E-state index contributed by atoms with van der Waals surface area (Å²) in [6, 6.07) is 1.30. The molecular formula is C12H12F3N3O4. The molecule has 0 fully saturated rings. The number of halogens is 3. The van der Waals surface area contributed by atoms with Crippen molar-refractivity contribution in [2.75, 3.05) is 19.4 Å². The summed E-state index contributed by atoms with van der Waals surface area (Å²) in [5.74, 6) is -1.99. The number of imide groups is 1. The van der Waals surface area contributed by atoms with Gasteiger partial charge in [-0.15, -0.1) is 0 Å². The number of nitrogen functional groups attached to an aromatic ring is 1. The molecule has 0 saturated carbocycles.